The minimum Gasteiger partial charge on any atom is -0.326 e. The van der Waals surface area contributed by atoms with Gasteiger partial charge in [-0.05, 0) is 61.7 Å². The molecule has 1 amide bonds. The SMILES string of the molecule is Cc1ccc(Cl)cc1NC(=O)C1CCCN(S(=O)(=O)c2ccc(Br)cc2)C1. The summed E-state index contributed by atoms with van der Waals surface area (Å²) in [5.74, 6) is -0.585. The summed E-state index contributed by atoms with van der Waals surface area (Å²) in [7, 11) is -3.62. The highest BCUT2D eigenvalue weighted by atomic mass is 79.9. The average Bonchev–Trinajstić information content (AvgIpc) is 2.65. The molecule has 0 bridgehead atoms. The van der Waals surface area contributed by atoms with E-state index < -0.39 is 15.9 Å². The lowest BCUT2D eigenvalue weighted by Gasteiger charge is -2.31. The summed E-state index contributed by atoms with van der Waals surface area (Å²) in [5.41, 5.74) is 1.56. The highest BCUT2D eigenvalue weighted by molar-refractivity contribution is 9.10. The van der Waals surface area contributed by atoms with Crippen molar-refractivity contribution in [3.05, 3.63) is 57.5 Å². The predicted octanol–water partition coefficient (Wildman–Crippen LogP) is 4.45. The second-order valence-corrected chi connectivity index (χ2v) is 9.89. The van der Waals surface area contributed by atoms with Gasteiger partial charge in [-0.3, -0.25) is 4.79 Å². The van der Waals surface area contributed by atoms with Gasteiger partial charge in [-0.2, -0.15) is 4.31 Å². The Hall–Kier alpha value is -1.41. The van der Waals surface area contributed by atoms with Crippen LogP contribution < -0.4 is 5.32 Å². The van der Waals surface area contributed by atoms with Crippen LogP contribution in [0.4, 0.5) is 5.69 Å². The molecule has 1 N–H and O–H groups in total. The third-order valence-electron chi connectivity index (χ3n) is 4.66. The topological polar surface area (TPSA) is 66.5 Å². The van der Waals surface area contributed by atoms with E-state index in [1.54, 1.807) is 36.4 Å². The lowest BCUT2D eigenvalue weighted by atomic mass is 9.98. The summed E-state index contributed by atoms with van der Waals surface area (Å²) in [4.78, 5) is 12.9. The molecule has 1 aliphatic heterocycles. The number of hydrogen-bond donors (Lipinski definition) is 1. The number of nitrogens with zero attached hydrogens (tertiary/aromatic N) is 1. The molecular weight excluding hydrogens is 452 g/mol. The van der Waals surface area contributed by atoms with E-state index in [2.05, 4.69) is 21.2 Å². The van der Waals surface area contributed by atoms with E-state index in [4.69, 9.17) is 11.6 Å². The number of amides is 1. The molecule has 27 heavy (non-hydrogen) atoms. The first-order valence-electron chi connectivity index (χ1n) is 8.60. The quantitative estimate of drug-likeness (QED) is 0.716. The van der Waals surface area contributed by atoms with Crippen molar-refractivity contribution in [2.75, 3.05) is 18.4 Å². The number of rotatable bonds is 4. The predicted molar refractivity (Wildman–Crippen MR) is 110 cm³/mol. The van der Waals surface area contributed by atoms with E-state index >= 15 is 0 Å². The lowest BCUT2D eigenvalue weighted by Crippen LogP contribution is -2.43. The second kappa shape index (κ2) is 8.31. The molecule has 2 aromatic rings. The van der Waals surface area contributed by atoms with Crippen LogP contribution in [0.5, 0.6) is 0 Å². The highest BCUT2D eigenvalue weighted by Crippen LogP contribution is 2.27. The summed E-state index contributed by atoms with van der Waals surface area (Å²) < 4.78 is 28.0. The number of aryl methyl sites for hydroxylation is 1. The van der Waals surface area contributed by atoms with E-state index in [1.807, 2.05) is 13.0 Å². The minimum atomic E-state index is -3.62. The van der Waals surface area contributed by atoms with E-state index in [1.165, 1.54) is 4.31 Å². The summed E-state index contributed by atoms with van der Waals surface area (Å²) in [6.07, 6.45) is 1.29. The Morgan fingerprint density at radius 3 is 2.63 bits per heavy atom. The monoisotopic (exact) mass is 470 g/mol. The van der Waals surface area contributed by atoms with Crippen molar-refractivity contribution < 1.29 is 13.2 Å². The number of anilines is 1. The molecule has 1 heterocycles. The Labute approximate surface area is 172 Å². The van der Waals surface area contributed by atoms with Gasteiger partial charge in [0.25, 0.3) is 0 Å². The van der Waals surface area contributed by atoms with Crippen molar-refractivity contribution in [2.45, 2.75) is 24.7 Å². The number of benzene rings is 2. The van der Waals surface area contributed by atoms with Crippen LogP contribution in [0.2, 0.25) is 5.02 Å². The Bertz CT molecular complexity index is 948. The van der Waals surface area contributed by atoms with Crippen LogP contribution >= 0.6 is 27.5 Å². The maximum Gasteiger partial charge on any atom is 0.243 e. The van der Waals surface area contributed by atoms with Crippen LogP contribution in [0.1, 0.15) is 18.4 Å². The van der Waals surface area contributed by atoms with E-state index in [0.717, 1.165) is 10.0 Å². The van der Waals surface area contributed by atoms with Crippen LogP contribution in [0.3, 0.4) is 0 Å². The van der Waals surface area contributed by atoms with Crippen molar-refractivity contribution in [2.24, 2.45) is 5.92 Å². The van der Waals surface area contributed by atoms with Crippen LogP contribution in [-0.4, -0.2) is 31.7 Å². The highest BCUT2D eigenvalue weighted by Gasteiger charge is 2.33. The van der Waals surface area contributed by atoms with Crippen molar-refractivity contribution in [1.82, 2.24) is 4.31 Å². The fourth-order valence-corrected chi connectivity index (χ4v) is 5.05. The van der Waals surface area contributed by atoms with Gasteiger partial charge in [0, 0.05) is 28.3 Å². The van der Waals surface area contributed by atoms with Crippen molar-refractivity contribution in [1.29, 1.82) is 0 Å². The molecule has 1 saturated heterocycles. The third-order valence-corrected chi connectivity index (χ3v) is 7.31. The number of sulfonamides is 1. The fraction of sp³-hybridized carbons (Fsp3) is 0.316. The van der Waals surface area contributed by atoms with Crippen molar-refractivity contribution in [3.63, 3.8) is 0 Å². The molecule has 0 aromatic heterocycles. The molecule has 1 unspecified atom stereocenters. The largest absolute Gasteiger partial charge is 0.326 e. The van der Waals surface area contributed by atoms with E-state index in [-0.39, 0.29) is 17.3 Å². The Morgan fingerprint density at radius 2 is 1.93 bits per heavy atom. The fourth-order valence-electron chi connectivity index (χ4n) is 3.09. The van der Waals surface area contributed by atoms with E-state index in [9.17, 15) is 13.2 Å². The Morgan fingerprint density at radius 1 is 1.22 bits per heavy atom. The standard InChI is InChI=1S/C19H20BrClN2O3S/c1-13-4-7-16(21)11-18(13)22-19(24)14-3-2-10-23(12-14)27(25,26)17-8-5-15(20)6-9-17/h4-9,11,14H,2-3,10,12H2,1H3,(H,22,24). The van der Waals surface area contributed by atoms with Gasteiger partial charge in [0.15, 0.2) is 0 Å². The van der Waals surface area contributed by atoms with Crippen LogP contribution in [-0.2, 0) is 14.8 Å². The summed E-state index contributed by atoms with van der Waals surface area (Å²) in [6, 6.07) is 11.8. The third kappa shape index (κ3) is 4.71. The van der Waals surface area contributed by atoms with Gasteiger partial charge in [-0.1, -0.05) is 33.6 Å². The van der Waals surface area contributed by atoms with Crippen molar-refractivity contribution >= 4 is 49.1 Å². The van der Waals surface area contributed by atoms with Gasteiger partial charge in [-0.25, -0.2) is 8.42 Å². The molecule has 0 aliphatic carbocycles. The number of carbonyl (C=O) groups is 1. The van der Waals surface area contributed by atoms with Crippen molar-refractivity contribution in [3.8, 4) is 0 Å². The van der Waals surface area contributed by atoms with Crippen LogP contribution in [0, 0.1) is 12.8 Å². The van der Waals surface area contributed by atoms with Gasteiger partial charge in [0.05, 0.1) is 10.8 Å². The normalized spacial score (nSPS) is 18.3. The molecule has 0 saturated carbocycles. The molecule has 2 aromatic carbocycles. The summed E-state index contributed by atoms with van der Waals surface area (Å²) in [5, 5.41) is 3.43. The Balaban J connectivity index is 1.74. The molecule has 3 rings (SSSR count). The maximum atomic E-state index is 12.9. The van der Waals surface area contributed by atoms with Crippen LogP contribution in [0.25, 0.3) is 0 Å². The van der Waals surface area contributed by atoms with Crippen LogP contribution in [0.15, 0.2) is 51.8 Å². The van der Waals surface area contributed by atoms with Gasteiger partial charge in [0.1, 0.15) is 0 Å². The van der Waals surface area contributed by atoms with Gasteiger partial charge in [-0.15, -0.1) is 0 Å². The smallest absolute Gasteiger partial charge is 0.243 e. The zero-order valence-corrected chi connectivity index (χ0v) is 17.9. The molecule has 0 spiro atoms. The van der Waals surface area contributed by atoms with Gasteiger partial charge >= 0.3 is 0 Å². The van der Waals surface area contributed by atoms with Gasteiger partial charge < -0.3 is 5.32 Å². The number of piperidine rings is 1. The number of halogens is 2. The first kappa shape index (κ1) is 20.3. The number of hydrogen-bond acceptors (Lipinski definition) is 3. The van der Waals surface area contributed by atoms with Gasteiger partial charge in [0.2, 0.25) is 15.9 Å². The average molecular weight is 472 g/mol. The summed E-state index contributed by atoms with van der Waals surface area (Å²) in [6.45, 7) is 2.47. The molecule has 144 valence electrons. The lowest BCUT2D eigenvalue weighted by molar-refractivity contribution is -0.120. The minimum absolute atomic E-state index is 0.170. The molecule has 8 heteroatoms. The maximum absolute atomic E-state index is 12.9. The number of nitrogens with one attached hydrogen (secondary N) is 1. The first-order valence-corrected chi connectivity index (χ1v) is 11.2. The van der Waals surface area contributed by atoms with E-state index in [0.29, 0.717) is 30.1 Å². The first-order chi connectivity index (χ1) is 12.8. The Kier molecular flexibility index (Phi) is 6.25. The zero-order chi connectivity index (χ0) is 19.6. The molecule has 0 radical (unpaired) electrons. The second-order valence-electron chi connectivity index (χ2n) is 6.60. The molecule has 1 aliphatic rings. The number of carbonyl (C=O) groups excluding carboxylic acids is 1. The molecular formula is C19H20BrClN2O3S. The molecule has 1 fully saturated rings. The summed E-state index contributed by atoms with van der Waals surface area (Å²) >= 11 is 9.31. The molecule has 5 nitrogen and oxygen atoms in total. The molecule has 1 atom stereocenters. The zero-order valence-electron chi connectivity index (χ0n) is 14.8.